The summed E-state index contributed by atoms with van der Waals surface area (Å²) in [5, 5.41) is 2.01. The number of carbonyl (C=O) groups excluding carboxylic acids is 1. The van der Waals surface area contributed by atoms with Gasteiger partial charge in [-0.2, -0.15) is 0 Å². The van der Waals surface area contributed by atoms with Crippen molar-refractivity contribution in [3.05, 3.63) is 42.0 Å². The van der Waals surface area contributed by atoms with Crippen molar-refractivity contribution in [3.63, 3.8) is 0 Å². The Kier molecular flexibility index (Phi) is 3.85. The number of halogens is 2. The molecule has 0 aromatic heterocycles. The molecule has 0 aliphatic heterocycles. The Balaban J connectivity index is 2.67. The molecule has 0 heterocycles. The van der Waals surface area contributed by atoms with Gasteiger partial charge in [0.25, 0.3) is 0 Å². The van der Waals surface area contributed by atoms with Crippen LogP contribution in [0.15, 0.2) is 36.4 Å². The summed E-state index contributed by atoms with van der Waals surface area (Å²) >= 11 is 3.32. The summed E-state index contributed by atoms with van der Waals surface area (Å²) in [5.41, 5.74) is 0.433. The molecule has 2 aromatic carbocycles. The standard InChI is InChI=1S/C11H6I2O3/c12-15-10-6-8-4-2-1-3-7(8)5-9(10)11(14)16-13/h1-6H. The van der Waals surface area contributed by atoms with Crippen LogP contribution in [-0.2, 0) is 3.07 Å². The van der Waals surface area contributed by atoms with Crippen LogP contribution in [0.1, 0.15) is 10.4 Å². The lowest BCUT2D eigenvalue weighted by atomic mass is 10.1. The van der Waals surface area contributed by atoms with Gasteiger partial charge in [0, 0.05) is 0 Å². The van der Waals surface area contributed by atoms with Crippen LogP contribution < -0.4 is 3.07 Å². The summed E-state index contributed by atoms with van der Waals surface area (Å²) in [6, 6.07) is 11.4. The van der Waals surface area contributed by atoms with E-state index in [2.05, 4.69) is 3.07 Å². The van der Waals surface area contributed by atoms with E-state index < -0.39 is 5.97 Å². The van der Waals surface area contributed by atoms with Gasteiger partial charge >= 0.3 is 5.97 Å². The van der Waals surface area contributed by atoms with Gasteiger partial charge in [-0.1, -0.05) is 24.3 Å². The van der Waals surface area contributed by atoms with Gasteiger partial charge < -0.3 is 6.13 Å². The number of benzene rings is 2. The zero-order valence-electron chi connectivity index (χ0n) is 7.94. The van der Waals surface area contributed by atoms with Gasteiger partial charge in [0.15, 0.2) is 46.0 Å². The topological polar surface area (TPSA) is 35.5 Å². The molecule has 16 heavy (non-hydrogen) atoms. The van der Waals surface area contributed by atoms with Crippen LogP contribution in [0.4, 0.5) is 0 Å². The summed E-state index contributed by atoms with van der Waals surface area (Å²) in [4.78, 5) is 11.5. The van der Waals surface area contributed by atoms with Crippen molar-refractivity contribution >= 4 is 62.8 Å². The highest BCUT2D eigenvalue weighted by atomic mass is 127. The summed E-state index contributed by atoms with van der Waals surface area (Å²) in [7, 11) is 0. The third-order valence-corrected chi connectivity index (χ3v) is 3.10. The number of rotatable bonds is 2. The molecule has 3 nitrogen and oxygen atoms in total. The van der Waals surface area contributed by atoms with Crippen molar-refractivity contribution in [2.24, 2.45) is 0 Å². The van der Waals surface area contributed by atoms with Crippen LogP contribution >= 0.6 is 46.0 Å². The first-order chi connectivity index (χ1) is 7.76. The van der Waals surface area contributed by atoms with Crippen molar-refractivity contribution in [1.82, 2.24) is 0 Å². The molecule has 0 saturated heterocycles. The minimum atomic E-state index is -0.405. The normalized spacial score (nSPS) is 10.1. The zero-order valence-corrected chi connectivity index (χ0v) is 12.3. The Bertz CT molecular complexity index is 540. The van der Waals surface area contributed by atoms with Crippen molar-refractivity contribution in [2.45, 2.75) is 0 Å². The summed E-state index contributed by atoms with van der Waals surface area (Å²) < 4.78 is 9.82. The second-order valence-electron chi connectivity index (χ2n) is 3.14. The highest BCUT2D eigenvalue weighted by Gasteiger charge is 2.14. The van der Waals surface area contributed by atoms with Crippen LogP contribution in [0.25, 0.3) is 10.8 Å². The van der Waals surface area contributed by atoms with E-state index in [4.69, 9.17) is 3.07 Å². The number of hydrogen-bond donors (Lipinski definition) is 0. The van der Waals surface area contributed by atoms with Crippen LogP contribution in [0.5, 0.6) is 5.75 Å². The van der Waals surface area contributed by atoms with Gasteiger partial charge in [-0.25, -0.2) is 4.79 Å². The predicted octanol–water partition coefficient (Wildman–Crippen LogP) is 4.08. The predicted molar refractivity (Wildman–Crippen MR) is 78.0 cm³/mol. The molecule has 0 atom stereocenters. The van der Waals surface area contributed by atoms with Crippen molar-refractivity contribution in [1.29, 1.82) is 0 Å². The van der Waals surface area contributed by atoms with Gasteiger partial charge in [-0.3, -0.25) is 0 Å². The third-order valence-electron chi connectivity index (χ3n) is 2.22. The van der Waals surface area contributed by atoms with E-state index in [1.165, 1.54) is 0 Å². The highest BCUT2D eigenvalue weighted by molar-refractivity contribution is 14.1. The van der Waals surface area contributed by atoms with Crippen molar-refractivity contribution in [3.8, 4) is 5.75 Å². The second-order valence-corrected chi connectivity index (χ2v) is 4.02. The van der Waals surface area contributed by atoms with Gasteiger partial charge in [-0.05, 0) is 22.9 Å². The molecule has 0 aliphatic rings. The molecule has 0 amide bonds. The molecule has 2 rings (SSSR count). The Morgan fingerprint density at radius 2 is 1.69 bits per heavy atom. The fraction of sp³-hybridized carbons (Fsp3) is 0. The van der Waals surface area contributed by atoms with Gasteiger partial charge in [0.1, 0.15) is 11.3 Å². The third kappa shape index (κ3) is 2.24. The zero-order chi connectivity index (χ0) is 11.5. The Morgan fingerprint density at radius 3 is 2.25 bits per heavy atom. The lowest BCUT2D eigenvalue weighted by Crippen LogP contribution is -1.99. The molecular formula is C11H6I2O3. The molecule has 82 valence electrons. The van der Waals surface area contributed by atoms with E-state index in [-0.39, 0.29) is 0 Å². The molecule has 0 saturated carbocycles. The molecule has 0 fully saturated rings. The largest absolute Gasteiger partial charge is 0.427 e. The fourth-order valence-electron chi connectivity index (χ4n) is 1.48. The van der Waals surface area contributed by atoms with Gasteiger partial charge in [0.05, 0.1) is 0 Å². The van der Waals surface area contributed by atoms with Crippen LogP contribution in [0, 0.1) is 0 Å². The number of carbonyl (C=O) groups is 1. The number of fused-ring (bicyclic) bond motifs is 1. The lowest BCUT2D eigenvalue weighted by molar-refractivity contribution is 0.0799. The van der Waals surface area contributed by atoms with Gasteiger partial charge in [-0.15, -0.1) is 0 Å². The molecule has 0 unspecified atom stereocenters. The Labute approximate surface area is 120 Å². The second kappa shape index (κ2) is 5.17. The van der Waals surface area contributed by atoms with Crippen LogP contribution in [0.2, 0.25) is 0 Å². The summed E-state index contributed by atoms with van der Waals surface area (Å²) in [6.45, 7) is 0. The number of hydrogen-bond acceptors (Lipinski definition) is 3. The highest BCUT2D eigenvalue weighted by Crippen LogP contribution is 2.28. The van der Waals surface area contributed by atoms with Crippen LogP contribution in [0.3, 0.4) is 0 Å². The monoisotopic (exact) mass is 440 g/mol. The molecule has 0 spiro atoms. The summed E-state index contributed by atoms with van der Waals surface area (Å²) in [6.07, 6.45) is 0. The minimum Gasteiger partial charge on any atom is -0.427 e. The maximum absolute atomic E-state index is 11.5. The molecule has 0 aliphatic carbocycles. The summed E-state index contributed by atoms with van der Waals surface area (Å²) in [5.74, 6) is 0.110. The maximum atomic E-state index is 11.5. The molecule has 0 N–H and O–H groups in total. The lowest BCUT2D eigenvalue weighted by Gasteiger charge is -2.06. The van der Waals surface area contributed by atoms with E-state index in [9.17, 15) is 4.79 Å². The van der Waals surface area contributed by atoms with Gasteiger partial charge in [0.2, 0.25) is 0 Å². The molecule has 5 heteroatoms. The SMILES string of the molecule is O=C(OI)c1cc2ccccc2cc1OI. The fourth-order valence-corrected chi connectivity index (χ4v) is 2.09. The first kappa shape index (κ1) is 11.9. The molecule has 2 aromatic rings. The smallest absolute Gasteiger partial charge is 0.351 e. The van der Waals surface area contributed by atoms with E-state index in [1.807, 2.05) is 30.3 Å². The van der Waals surface area contributed by atoms with E-state index in [1.54, 1.807) is 52.1 Å². The Hall–Kier alpha value is -0.570. The van der Waals surface area contributed by atoms with Crippen molar-refractivity contribution in [2.75, 3.05) is 0 Å². The molecule has 0 radical (unpaired) electrons. The minimum absolute atomic E-state index is 0.405. The molecule has 0 bridgehead atoms. The van der Waals surface area contributed by atoms with Crippen LogP contribution in [-0.4, -0.2) is 5.97 Å². The Morgan fingerprint density at radius 1 is 1.06 bits per heavy atom. The average Bonchev–Trinajstić information content (AvgIpc) is 2.36. The maximum Gasteiger partial charge on any atom is 0.351 e. The van der Waals surface area contributed by atoms with E-state index in [0.29, 0.717) is 11.3 Å². The first-order valence-corrected chi connectivity index (χ1v) is 6.16. The van der Waals surface area contributed by atoms with E-state index >= 15 is 0 Å². The van der Waals surface area contributed by atoms with Crippen molar-refractivity contribution < 1.29 is 10.9 Å². The molecular weight excluding hydrogens is 434 g/mol. The first-order valence-electron chi connectivity index (χ1n) is 4.40. The quantitative estimate of drug-likeness (QED) is 0.661. The average molecular weight is 440 g/mol. The van der Waals surface area contributed by atoms with E-state index in [0.717, 1.165) is 10.8 Å².